The number of benzene rings is 2. The molecule has 5 rings (SSSR count). The third-order valence-corrected chi connectivity index (χ3v) is 7.16. The van der Waals surface area contributed by atoms with Gasteiger partial charge in [0.1, 0.15) is 5.82 Å². The largest absolute Gasteiger partial charge is 0.481 e. The van der Waals surface area contributed by atoms with Crippen LogP contribution in [-0.4, -0.2) is 46.5 Å². The van der Waals surface area contributed by atoms with E-state index >= 15 is 0 Å². The average molecular weight is 500 g/mol. The molecule has 2 aromatic heterocycles. The summed E-state index contributed by atoms with van der Waals surface area (Å²) in [7, 11) is 0. The van der Waals surface area contributed by atoms with Crippen molar-refractivity contribution in [2.45, 2.75) is 58.9 Å². The molecule has 1 aliphatic carbocycles. The van der Waals surface area contributed by atoms with E-state index in [9.17, 15) is 9.90 Å². The van der Waals surface area contributed by atoms with Gasteiger partial charge in [0.05, 0.1) is 12.5 Å². The Morgan fingerprint density at radius 3 is 2.43 bits per heavy atom. The van der Waals surface area contributed by atoms with Crippen molar-refractivity contribution in [3.05, 3.63) is 65.7 Å². The van der Waals surface area contributed by atoms with Crippen LogP contribution in [0.5, 0.6) is 0 Å². The van der Waals surface area contributed by atoms with Crippen LogP contribution in [0.4, 0.5) is 0 Å². The molecular weight excluding hydrogens is 466 g/mol. The highest BCUT2D eigenvalue weighted by Crippen LogP contribution is 2.32. The lowest BCUT2D eigenvalue weighted by molar-refractivity contribution is -0.143. The molecule has 2 N–H and O–H groups in total. The molecule has 9 nitrogen and oxygen atoms in total. The van der Waals surface area contributed by atoms with Gasteiger partial charge in [0.2, 0.25) is 5.82 Å². The monoisotopic (exact) mass is 499 g/mol. The van der Waals surface area contributed by atoms with Crippen molar-refractivity contribution in [2.24, 2.45) is 17.8 Å². The summed E-state index contributed by atoms with van der Waals surface area (Å²) in [4.78, 5) is 16.3. The molecule has 2 heterocycles. The van der Waals surface area contributed by atoms with Crippen molar-refractivity contribution in [1.82, 2.24) is 35.4 Å². The number of carbonyl (C=O) groups is 1. The van der Waals surface area contributed by atoms with Gasteiger partial charge in [0, 0.05) is 18.4 Å². The summed E-state index contributed by atoms with van der Waals surface area (Å²) in [5.74, 6) is 2.53. The molecule has 0 atom stereocenters. The second kappa shape index (κ2) is 11.0. The molecule has 2 aromatic carbocycles. The maximum atomic E-state index is 11.3. The van der Waals surface area contributed by atoms with E-state index in [1.807, 2.05) is 22.9 Å². The maximum absolute atomic E-state index is 11.3. The molecule has 0 spiro atoms. The number of aromatic amines is 1. The highest BCUT2D eigenvalue weighted by atomic mass is 16.4. The van der Waals surface area contributed by atoms with Gasteiger partial charge in [-0.15, -0.1) is 10.2 Å². The summed E-state index contributed by atoms with van der Waals surface area (Å²) in [5.41, 5.74) is 4.21. The normalized spacial score (nSPS) is 17.8. The van der Waals surface area contributed by atoms with Crippen LogP contribution in [0.3, 0.4) is 0 Å². The Kier molecular flexibility index (Phi) is 7.39. The first-order valence-corrected chi connectivity index (χ1v) is 13.0. The number of nitrogens with one attached hydrogen (secondary N) is 1. The number of aliphatic carboxylic acids is 1. The predicted molar refractivity (Wildman–Crippen MR) is 140 cm³/mol. The van der Waals surface area contributed by atoms with Gasteiger partial charge in [0.15, 0.2) is 5.82 Å². The SMILES string of the molecule is CC(C)Cc1nc(CC2CCC(C(=O)O)CC2)n(Cc2ccc(-c3ccccc3-c3nn[nH]n3)cc2)n1. The number of carboxylic acids is 1. The zero-order valence-electron chi connectivity index (χ0n) is 21.3. The van der Waals surface area contributed by atoms with Crippen LogP contribution in [0, 0.1) is 17.8 Å². The van der Waals surface area contributed by atoms with Crippen molar-refractivity contribution in [1.29, 1.82) is 0 Å². The van der Waals surface area contributed by atoms with Crippen molar-refractivity contribution in [3.8, 4) is 22.5 Å². The van der Waals surface area contributed by atoms with E-state index in [0.29, 0.717) is 24.2 Å². The molecule has 1 fully saturated rings. The lowest BCUT2D eigenvalue weighted by Crippen LogP contribution is -2.23. The van der Waals surface area contributed by atoms with Crippen LogP contribution in [0.25, 0.3) is 22.5 Å². The minimum Gasteiger partial charge on any atom is -0.481 e. The van der Waals surface area contributed by atoms with Gasteiger partial charge in [-0.25, -0.2) is 9.67 Å². The lowest BCUT2D eigenvalue weighted by Gasteiger charge is -2.25. The van der Waals surface area contributed by atoms with E-state index in [-0.39, 0.29) is 5.92 Å². The molecule has 0 bridgehead atoms. The third-order valence-electron chi connectivity index (χ3n) is 7.16. The summed E-state index contributed by atoms with van der Waals surface area (Å²) in [6.45, 7) is 5.01. The summed E-state index contributed by atoms with van der Waals surface area (Å²) < 4.78 is 2.04. The van der Waals surface area contributed by atoms with Crippen molar-refractivity contribution < 1.29 is 9.90 Å². The molecule has 1 aliphatic rings. The van der Waals surface area contributed by atoms with Crippen LogP contribution >= 0.6 is 0 Å². The number of nitrogens with zero attached hydrogens (tertiary/aromatic N) is 6. The standard InChI is InChI=1S/C28H33N7O2/c1-18(2)15-25-29-26(16-19-7-13-22(14-8-19)28(36)37)35(32-25)17-20-9-11-21(12-10-20)23-5-3-4-6-24(23)27-30-33-34-31-27/h3-6,9-12,18-19,22H,7-8,13-17H2,1-2H3,(H,36,37)(H,30,31,33,34). The molecule has 0 amide bonds. The molecular formula is C28H33N7O2. The fraction of sp³-hybridized carbons (Fsp3) is 0.429. The van der Waals surface area contributed by atoms with E-state index in [1.54, 1.807) is 0 Å². The Bertz CT molecular complexity index is 1320. The van der Waals surface area contributed by atoms with E-state index in [0.717, 1.165) is 72.4 Å². The summed E-state index contributed by atoms with van der Waals surface area (Å²) >= 11 is 0. The number of carboxylic acid groups (broad SMARTS) is 1. The molecule has 0 saturated heterocycles. The molecule has 9 heteroatoms. The van der Waals surface area contributed by atoms with Gasteiger partial charge in [-0.05, 0) is 59.4 Å². The van der Waals surface area contributed by atoms with Gasteiger partial charge in [-0.1, -0.05) is 62.4 Å². The van der Waals surface area contributed by atoms with Crippen LogP contribution in [-0.2, 0) is 24.2 Å². The Balaban J connectivity index is 1.34. The van der Waals surface area contributed by atoms with E-state index < -0.39 is 5.97 Å². The average Bonchev–Trinajstić information content (AvgIpc) is 3.55. The Labute approximate surface area is 216 Å². The highest BCUT2D eigenvalue weighted by molar-refractivity contribution is 5.80. The van der Waals surface area contributed by atoms with Gasteiger partial charge < -0.3 is 5.11 Å². The Morgan fingerprint density at radius 1 is 1.05 bits per heavy atom. The molecule has 0 aliphatic heterocycles. The van der Waals surface area contributed by atoms with Crippen LogP contribution in [0.2, 0.25) is 0 Å². The highest BCUT2D eigenvalue weighted by Gasteiger charge is 2.27. The molecule has 0 radical (unpaired) electrons. The lowest BCUT2D eigenvalue weighted by atomic mass is 9.80. The number of hydrogen-bond donors (Lipinski definition) is 2. The minimum absolute atomic E-state index is 0.200. The first-order valence-electron chi connectivity index (χ1n) is 13.0. The maximum Gasteiger partial charge on any atom is 0.306 e. The van der Waals surface area contributed by atoms with Crippen molar-refractivity contribution >= 4 is 5.97 Å². The fourth-order valence-electron chi connectivity index (χ4n) is 5.20. The van der Waals surface area contributed by atoms with E-state index in [4.69, 9.17) is 10.1 Å². The summed E-state index contributed by atoms with van der Waals surface area (Å²) in [5, 5.41) is 28.7. The van der Waals surface area contributed by atoms with E-state index in [2.05, 4.69) is 64.8 Å². The number of hydrogen-bond acceptors (Lipinski definition) is 6. The quantitative estimate of drug-likeness (QED) is 0.339. The van der Waals surface area contributed by atoms with Crippen molar-refractivity contribution in [3.63, 3.8) is 0 Å². The molecule has 0 unspecified atom stereocenters. The first kappa shape index (κ1) is 24.8. The van der Waals surface area contributed by atoms with Gasteiger partial charge >= 0.3 is 5.97 Å². The Morgan fingerprint density at radius 2 is 1.78 bits per heavy atom. The molecule has 4 aromatic rings. The smallest absolute Gasteiger partial charge is 0.306 e. The summed E-state index contributed by atoms with van der Waals surface area (Å²) in [6, 6.07) is 16.5. The number of rotatable bonds is 9. The summed E-state index contributed by atoms with van der Waals surface area (Å²) in [6.07, 6.45) is 5.04. The predicted octanol–water partition coefficient (Wildman–Crippen LogP) is 4.81. The second-order valence-corrected chi connectivity index (χ2v) is 10.4. The van der Waals surface area contributed by atoms with Crippen LogP contribution in [0.15, 0.2) is 48.5 Å². The number of aromatic nitrogens is 7. The third kappa shape index (κ3) is 5.93. The van der Waals surface area contributed by atoms with Gasteiger partial charge in [-0.2, -0.15) is 10.3 Å². The van der Waals surface area contributed by atoms with Crippen LogP contribution < -0.4 is 0 Å². The minimum atomic E-state index is -0.663. The van der Waals surface area contributed by atoms with Gasteiger partial charge in [-0.3, -0.25) is 4.79 Å². The van der Waals surface area contributed by atoms with Gasteiger partial charge in [0.25, 0.3) is 0 Å². The fourth-order valence-corrected chi connectivity index (χ4v) is 5.20. The zero-order valence-corrected chi connectivity index (χ0v) is 21.3. The molecule has 37 heavy (non-hydrogen) atoms. The van der Waals surface area contributed by atoms with E-state index in [1.165, 1.54) is 0 Å². The topological polar surface area (TPSA) is 122 Å². The Hall–Kier alpha value is -3.88. The zero-order chi connectivity index (χ0) is 25.8. The molecule has 192 valence electrons. The van der Waals surface area contributed by atoms with Crippen LogP contribution in [0.1, 0.15) is 56.7 Å². The first-order chi connectivity index (χ1) is 18.0. The number of H-pyrrole nitrogens is 1. The molecule has 1 saturated carbocycles. The number of tetrazole rings is 1. The second-order valence-electron chi connectivity index (χ2n) is 10.4. The van der Waals surface area contributed by atoms with Crippen molar-refractivity contribution in [2.75, 3.05) is 0 Å².